The van der Waals surface area contributed by atoms with Crippen LogP contribution < -0.4 is 0 Å². The fraction of sp³-hybridized carbons (Fsp3) is 0.375. The van der Waals surface area contributed by atoms with Gasteiger partial charge >= 0.3 is 0 Å². The maximum atomic E-state index is 4.31. The normalized spacial score (nSPS) is 11.4. The fourth-order valence-electron chi connectivity index (χ4n) is 1.15. The van der Waals surface area contributed by atoms with E-state index in [1.54, 1.807) is 4.68 Å². The largest absolute Gasteiger partial charge is 0.224 e. The zero-order valence-corrected chi connectivity index (χ0v) is 8.98. The van der Waals surface area contributed by atoms with Crippen LogP contribution >= 0.6 is 15.9 Å². The van der Waals surface area contributed by atoms with Crippen LogP contribution in [0.2, 0.25) is 0 Å². The standard InChI is InChI=1S/C8H9BrN4/c1-5(2)13-8-6(11-12-13)3-4-7(9)10-8/h3-5H,1-2H3. The molecule has 0 aliphatic heterocycles. The van der Waals surface area contributed by atoms with Crippen molar-refractivity contribution in [3.63, 3.8) is 0 Å². The second-order valence-corrected chi connectivity index (χ2v) is 3.92. The van der Waals surface area contributed by atoms with Crippen LogP contribution in [0.1, 0.15) is 19.9 Å². The van der Waals surface area contributed by atoms with Gasteiger partial charge in [0.2, 0.25) is 0 Å². The van der Waals surface area contributed by atoms with E-state index in [4.69, 9.17) is 0 Å². The van der Waals surface area contributed by atoms with Crippen molar-refractivity contribution in [1.29, 1.82) is 0 Å². The van der Waals surface area contributed by atoms with E-state index < -0.39 is 0 Å². The molecule has 2 aromatic heterocycles. The van der Waals surface area contributed by atoms with E-state index in [0.717, 1.165) is 15.8 Å². The van der Waals surface area contributed by atoms with Crippen molar-refractivity contribution in [2.75, 3.05) is 0 Å². The van der Waals surface area contributed by atoms with Gasteiger partial charge in [-0.05, 0) is 41.9 Å². The third-order valence-electron chi connectivity index (χ3n) is 1.78. The molecule has 13 heavy (non-hydrogen) atoms. The van der Waals surface area contributed by atoms with Crippen LogP contribution in [0.15, 0.2) is 16.7 Å². The van der Waals surface area contributed by atoms with E-state index >= 15 is 0 Å². The first kappa shape index (κ1) is 8.62. The zero-order valence-electron chi connectivity index (χ0n) is 7.40. The Morgan fingerprint density at radius 1 is 1.38 bits per heavy atom. The van der Waals surface area contributed by atoms with Crippen LogP contribution in [0.3, 0.4) is 0 Å². The lowest BCUT2D eigenvalue weighted by molar-refractivity contribution is 0.526. The Labute approximate surface area is 84.1 Å². The summed E-state index contributed by atoms with van der Waals surface area (Å²) in [6.45, 7) is 4.10. The molecule has 0 aliphatic carbocycles. The number of hydrogen-bond acceptors (Lipinski definition) is 3. The van der Waals surface area contributed by atoms with Gasteiger partial charge in [0.05, 0.1) is 6.04 Å². The Hall–Kier alpha value is -0.970. The third-order valence-corrected chi connectivity index (χ3v) is 2.22. The molecule has 0 radical (unpaired) electrons. The van der Waals surface area contributed by atoms with Crippen molar-refractivity contribution in [2.45, 2.75) is 19.9 Å². The summed E-state index contributed by atoms with van der Waals surface area (Å²) in [6.07, 6.45) is 0. The van der Waals surface area contributed by atoms with E-state index in [-0.39, 0.29) is 6.04 Å². The summed E-state index contributed by atoms with van der Waals surface area (Å²) in [5.74, 6) is 0. The van der Waals surface area contributed by atoms with Crippen LogP contribution in [0.25, 0.3) is 11.2 Å². The SMILES string of the molecule is CC(C)n1nnc2ccc(Br)nc21. The van der Waals surface area contributed by atoms with E-state index in [1.807, 2.05) is 12.1 Å². The lowest BCUT2D eigenvalue weighted by Gasteiger charge is -2.03. The molecule has 0 aromatic carbocycles. The van der Waals surface area contributed by atoms with Gasteiger partial charge in [0.15, 0.2) is 5.65 Å². The monoisotopic (exact) mass is 240 g/mol. The molecule has 4 nitrogen and oxygen atoms in total. The number of rotatable bonds is 1. The highest BCUT2D eigenvalue weighted by molar-refractivity contribution is 9.10. The Balaban J connectivity index is 2.71. The van der Waals surface area contributed by atoms with Gasteiger partial charge in [-0.1, -0.05) is 5.21 Å². The minimum Gasteiger partial charge on any atom is -0.224 e. The van der Waals surface area contributed by atoms with Crippen molar-refractivity contribution in [1.82, 2.24) is 20.0 Å². The van der Waals surface area contributed by atoms with E-state index in [9.17, 15) is 0 Å². The van der Waals surface area contributed by atoms with Crippen LogP contribution in [0.4, 0.5) is 0 Å². The molecule has 5 heteroatoms. The maximum absolute atomic E-state index is 4.31. The zero-order chi connectivity index (χ0) is 9.42. The molecule has 2 aromatic rings. The summed E-state index contributed by atoms with van der Waals surface area (Å²) in [6, 6.07) is 4.05. The molecule has 0 saturated carbocycles. The molecule has 2 heterocycles. The van der Waals surface area contributed by atoms with Crippen molar-refractivity contribution in [2.24, 2.45) is 0 Å². The highest BCUT2D eigenvalue weighted by Crippen LogP contribution is 2.15. The summed E-state index contributed by atoms with van der Waals surface area (Å²) in [4.78, 5) is 4.31. The molecule has 0 N–H and O–H groups in total. The molecule has 0 unspecified atom stereocenters. The summed E-state index contributed by atoms with van der Waals surface area (Å²) >= 11 is 3.32. The number of fused-ring (bicyclic) bond motifs is 1. The fourth-order valence-corrected chi connectivity index (χ4v) is 1.45. The first-order valence-electron chi connectivity index (χ1n) is 4.06. The minimum absolute atomic E-state index is 0.284. The summed E-state index contributed by atoms with van der Waals surface area (Å²) < 4.78 is 2.62. The molecule has 0 saturated heterocycles. The topological polar surface area (TPSA) is 43.6 Å². The van der Waals surface area contributed by atoms with Gasteiger partial charge in [-0.3, -0.25) is 0 Å². The predicted molar refractivity (Wildman–Crippen MR) is 53.4 cm³/mol. The van der Waals surface area contributed by atoms with Crippen LogP contribution in [0, 0.1) is 0 Å². The Bertz CT molecular complexity index is 435. The molecular formula is C8H9BrN4. The Kier molecular flexibility index (Phi) is 2.03. The summed E-state index contributed by atoms with van der Waals surface area (Å²) in [5, 5.41) is 8.03. The highest BCUT2D eigenvalue weighted by Gasteiger charge is 2.08. The van der Waals surface area contributed by atoms with E-state index in [1.165, 1.54) is 0 Å². The molecule has 0 fully saturated rings. The summed E-state index contributed by atoms with van der Waals surface area (Å²) in [5.41, 5.74) is 1.65. The third kappa shape index (κ3) is 1.44. The second kappa shape index (κ2) is 3.06. The maximum Gasteiger partial charge on any atom is 0.179 e. The Morgan fingerprint density at radius 3 is 2.85 bits per heavy atom. The van der Waals surface area contributed by atoms with Gasteiger partial charge in [-0.15, -0.1) is 5.10 Å². The second-order valence-electron chi connectivity index (χ2n) is 3.10. The number of nitrogens with zero attached hydrogens (tertiary/aromatic N) is 4. The number of hydrogen-bond donors (Lipinski definition) is 0. The highest BCUT2D eigenvalue weighted by atomic mass is 79.9. The summed E-state index contributed by atoms with van der Waals surface area (Å²) in [7, 11) is 0. The lowest BCUT2D eigenvalue weighted by atomic mass is 10.4. The molecule has 0 bridgehead atoms. The van der Waals surface area contributed by atoms with Crippen molar-refractivity contribution >= 4 is 27.1 Å². The first-order chi connectivity index (χ1) is 6.18. The minimum atomic E-state index is 0.284. The average Bonchev–Trinajstić information content (AvgIpc) is 2.46. The Morgan fingerprint density at radius 2 is 2.15 bits per heavy atom. The molecule has 0 spiro atoms. The van der Waals surface area contributed by atoms with Crippen LogP contribution in [-0.4, -0.2) is 20.0 Å². The van der Waals surface area contributed by atoms with Crippen molar-refractivity contribution in [3.8, 4) is 0 Å². The number of pyridine rings is 1. The molecule has 0 atom stereocenters. The quantitative estimate of drug-likeness (QED) is 0.718. The van der Waals surface area contributed by atoms with Gasteiger partial charge in [0.1, 0.15) is 10.1 Å². The van der Waals surface area contributed by atoms with Crippen LogP contribution in [-0.2, 0) is 0 Å². The molecule has 68 valence electrons. The number of aromatic nitrogens is 4. The average molecular weight is 241 g/mol. The predicted octanol–water partition coefficient (Wildman–Crippen LogP) is 2.17. The lowest BCUT2D eigenvalue weighted by Crippen LogP contribution is -2.03. The molecule has 0 amide bonds. The smallest absolute Gasteiger partial charge is 0.179 e. The van der Waals surface area contributed by atoms with Crippen molar-refractivity contribution in [3.05, 3.63) is 16.7 Å². The van der Waals surface area contributed by atoms with Gasteiger partial charge in [-0.2, -0.15) is 0 Å². The van der Waals surface area contributed by atoms with E-state index in [0.29, 0.717) is 0 Å². The first-order valence-corrected chi connectivity index (χ1v) is 4.85. The van der Waals surface area contributed by atoms with Gasteiger partial charge < -0.3 is 0 Å². The van der Waals surface area contributed by atoms with Crippen molar-refractivity contribution < 1.29 is 0 Å². The van der Waals surface area contributed by atoms with Gasteiger partial charge in [0.25, 0.3) is 0 Å². The van der Waals surface area contributed by atoms with Gasteiger partial charge in [0, 0.05) is 0 Å². The molecular weight excluding hydrogens is 232 g/mol. The van der Waals surface area contributed by atoms with E-state index in [2.05, 4.69) is 45.1 Å². The molecule has 2 rings (SSSR count). The molecule has 0 aliphatic rings. The van der Waals surface area contributed by atoms with Crippen LogP contribution in [0.5, 0.6) is 0 Å². The van der Waals surface area contributed by atoms with Gasteiger partial charge in [-0.25, -0.2) is 9.67 Å². The number of halogens is 1.